The molecule has 1 atom stereocenters. The third kappa shape index (κ3) is 5.57. The van der Waals surface area contributed by atoms with Crippen LogP contribution in [0.15, 0.2) is 77.3 Å². The highest BCUT2D eigenvalue weighted by Gasteiger charge is 2.47. The molecule has 3 aromatic carbocycles. The number of piperidine rings is 1. The normalized spacial score (nSPS) is 19.8. The predicted molar refractivity (Wildman–Crippen MR) is 159 cm³/mol. The Bertz CT molecular complexity index is 1640. The van der Waals surface area contributed by atoms with Crippen LogP contribution in [0, 0.1) is 12.3 Å². The number of amides is 1. The van der Waals surface area contributed by atoms with E-state index in [0.29, 0.717) is 45.9 Å². The molecule has 9 heteroatoms. The van der Waals surface area contributed by atoms with Gasteiger partial charge in [0.1, 0.15) is 0 Å². The second-order valence-corrected chi connectivity index (χ2v) is 13.3. The van der Waals surface area contributed by atoms with Gasteiger partial charge in [0.2, 0.25) is 5.91 Å². The van der Waals surface area contributed by atoms with Gasteiger partial charge in [-0.05, 0) is 79.4 Å². The molecular weight excluding hydrogens is 546 g/mol. The van der Waals surface area contributed by atoms with Gasteiger partial charge in [0.05, 0.1) is 11.4 Å². The lowest BCUT2D eigenvalue weighted by Gasteiger charge is -2.40. The van der Waals surface area contributed by atoms with Crippen LogP contribution in [0.5, 0.6) is 0 Å². The van der Waals surface area contributed by atoms with E-state index in [9.17, 15) is 18.0 Å². The molecule has 40 heavy (non-hydrogen) atoms. The number of carbonyl (C=O) groups excluding carboxylic acids is 2. The number of carbonyl (C=O) groups is 2. The molecule has 0 radical (unpaired) electrons. The van der Waals surface area contributed by atoms with E-state index in [1.165, 1.54) is 6.26 Å². The molecular formula is C31H32ClN3O4S. The van der Waals surface area contributed by atoms with Gasteiger partial charge in [-0.15, -0.1) is 0 Å². The van der Waals surface area contributed by atoms with Crippen LogP contribution >= 0.6 is 11.6 Å². The molecule has 1 aliphatic carbocycles. The summed E-state index contributed by atoms with van der Waals surface area (Å²) in [6.45, 7) is 3.40. The fraction of sp³-hybridized carbons (Fsp3) is 0.290. The number of anilines is 1. The highest BCUT2D eigenvalue weighted by atomic mass is 35.5. The number of benzene rings is 3. The summed E-state index contributed by atoms with van der Waals surface area (Å²) in [5.74, 6) is -0.132. The van der Waals surface area contributed by atoms with E-state index in [-0.39, 0.29) is 23.1 Å². The lowest BCUT2D eigenvalue weighted by Crippen LogP contribution is -2.47. The number of Topliss-reactive ketones (excluding diaryl/α,β-unsaturated/α-hetero) is 1. The summed E-state index contributed by atoms with van der Waals surface area (Å²) < 4.78 is 24.1. The Kier molecular flexibility index (Phi) is 7.61. The first-order chi connectivity index (χ1) is 19.0. The number of ketones is 1. The van der Waals surface area contributed by atoms with Crippen LogP contribution in [0.4, 0.5) is 5.69 Å². The van der Waals surface area contributed by atoms with Gasteiger partial charge in [-0.3, -0.25) is 14.5 Å². The first-order valence-corrected chi connectivity index (χ1v) is 15.5. The quantitative estimate of drug-likeness (QED) is 0.423. The molecule has 1 aliphatic heterocycles. The van der Waals surface area contributed by atoms with E-state index in [1.807, 2.05) is 49.4 Å². The van der Waals surface area contributed by atoms with Crippen LogP contribution in [-0.2, 0) is 19.4 Å². The number of aryl methyl sites for hydroxylation is 1. The van der Waals surface area contributed by atoms with Crippen molar-refractivity contribution in [2.24, 2.45) is 11.1 Å². The number of hydrogen-bond donors (Lipinski definition) is 2. The van der Waals surface area contributed by atoms with Gasteiger partial charge in [0, 0.05) is 52.2 Å². The zero-order valence-electron chi connectivity index (χ0n) is 22.5. The van der Waals surface area contributed by atoms with Gasteiger partial charge in [0.15, 0.2) is 15.6 Å². The highest BCUT2D eigenvalue weighted by molar-refractivity contribution is 7.90. The van der Waals surface area contributed by atoms with Crippen molar-refractivity contribution in [3.63, 3.8) is 0 Å². The van der Waals surface area contributed by atoms with E-state index in [1.54, 1.807) is 24.3 Å². The molecule has 1 saturated heterocycles. The zero-order valence-corrected chi connectivity index (χ0v) is 24.1. The third-order valence-corrected chi connectivity index (χ3v) is 9.28. The molecule has 2 aliphatic rings. The van der Waals surface area contributed by atoms with Crippen molar-refractivity contribution in [1.82, 2.24) is 4.90 Å². The third-order valence-electron chi connectivity index (χ3n) is 7.86. The number of nitrogens with zero attached hydrogens (tertiary/aromatic N) is 1. The number of likely N-dealkylation sites (tertiary alicyclic amines) is 1. The van der Waals surface area contributed by atoms with Gasteiger partial charge in [-0.25, -0.2) is 8.42 Å². The van der Waals surface area contributed by atoms with Crippen LogP contribution in [0.2, 0.25) is 5.02 Å². The molecule has 0 bridgehead atoms. The highest BCUT2D eigenvalue weighted by Crippen LogP contribution is 2.49. The van der Waals surface area contributed by atoms with Crippen molar-refractivity contribution in [1.29, 1.82) is 0 Å². The Balaban J connectivity index is 1.41. The summed E-state index contributed by atoms with van der Waals surface area (Å²) >= 11 is 6.72. The van der Waals surface area contributed by atoms with Crippen LogP contribution < -0.4 is 11.1 Å². The van der Waals surface area contributed by atoms with E-state index in [4.69, 9.17) is 17.3 Å². The van der Waals surface area contributed by atoms with Crippen LogP contribution in [-0.4, -0.2) is 50.9 Å². The maximum atomic E-state index is 13.5. The molecule has 1 fully saturated rings. The lowest BCUT2D eigenvalue weighted by molar-refractivity contribution is -0.118. The van der Waals surface area contributed by atoms with Crippen molar-refractivity contribution in [2.45, 2.75) is 31.1 Å². The van der Waals surface area contributed by atoms with Crippen LogP contribution in [0.25, 0.3) is 16.7 Å². The van der Waals surface area contributed by atoms with E-state index in [2.05, 4.69) is 10.2 Å². The number of allylic oxidation sites excluding steroid dienone is 1. The number of hydrogen-bond acceptors (Lipinski definition) is 6. The Hall–Kier alpha value is -3.46. The van der Waals surface area contributed by atoms with Gasteiger partial charge in [-0.2, -0.15) is 0 Å². The average molecular weight is 578 g/mol. The lowest BCUT2D eigenvalue weighted by atomic mass is 9.77. The molecule has 7 nitrogen and oxygen atoms in total. The SMILES string of the molecule is Cc1cc(-c2cccc(S(C)(=O)=O)c2)c(Cl)cc1C1=C(N)C2(CCCN(CC(=O)Nc3ccccc3)C2)CC1=O. The minimum absolute atomic E-state index is 0.0286. The number of nitrogens with two attached hydrogens (primary N) is 1. The van der Waals surface area contributed by atoms with Crippen molar-refractivity contribution >= 4 is 44.4 Å². The monoisotopic (exact) mass is 577 g/mol. The van der Waals surface area contributed by atoms with E-state index < -0.39 is 15.3 Å². The minimum Gasteiger partial charge on any atom is -0.401 e. The Morgan fingerprint density at radius 1 is 1.07 bits per heavy atom. The number of halogens is 1. The first-order valence-electron chi connectivity index (χ1n) is 13.2. The van der Waals surface area contributed by atoms with E-state index in [0.717, 1.165) is 30.6 Å². The number of para-hydroxylation sites is 1. The largest absolute Gasteiger partial charge is 0.401 e. The molecule has 5 rings (SSSR count). The van der Waals surface area contributed by atoms with Crippen LogP contribution in [0.1, 0.15) is 30.4 Å². The molecule has 1 amide bonds. The molecule has 3 N–H and O–H groups in total. The summed E-state index contributed by atoms with van der Waals surface area (Å²) in [7, 11) is -3.38. The Labute approximate surface area is 239 Å². The fourth-order valence-electron chi connectivity index (χ4n) is 5.92. The number of sulfone groups is 1. The summed E-state index contributed by atoms with van der Waals surface area (Å²) in [4.78, 5) is 28.5. The standard InChI is InChI=1S/C31H32ClN3O4S/c1-20-14-25(21-8-6-11-23(15-21)40(2,38)39)26(32)16-24(20)29-27(36)17-31(30(29)33)12-7-13-35(19-31)18-28(37)34-22-9-4-3-5-10-22/h3-6,8-11,14-16H,7,12-13,17-19,33H2,1-2H3,(H,34,37). The molecule has 1 spiro atoms. The van der Waals surface area contributed by atoms with Crippen molar-refractivity contribution in [3.8, 4) is 11.1 Å². The maximum Gasteiger partial charge on any atom is 0.238 e. The summed E-state index contributed by atoms with van der Waals surface area (Å²) in [6, 6.07) is 19.6. The Morgan fingerprint density at radius 2 is 1.82 bits per heavy atom. The summed E-state index contributed by atoms with van der Waals surface area (Å²) in [5, 5.41) is 3.33. The van der Waals surface area contributed by atoms with Gasteiger partial charge in [0.25, 0.3) is 0 Å². The fourth-order valence-corrected chi connectivity index (χ4v) is 6.86. The Morgan fingerprint density at radius 3 is 2.55 bits per heavy atom. The minimum atomic E-state index is -3.38. The second-order valence-electron chi connectivity index (χ2n) is 10.8. The first kappa shape index (κ1) is 28.1. The number of rotatable bonds is 6. The molecule has 0 saturated carbocycles. The van der Waals surface area contributed by atoms with Gasteiger partial charge in [-0.1, -0.05) is 41.9 Å². The molecule has 208 valence electrons. The van der Waals surface area contributed by atoms with E-state index >= 15 is 0 Å². The van der Waals surface area contributed by atoms with Crippen molar-refractivity contribution in [2.75, 3.05) is 31.2 Å². The zero-order chi connectivity index (χ0) is 28.7. The summed E-state index contributed by atoms with van der Waals surface area (Å²) in [6.07, 6.45) is 3.06. The van der Waals surface area contributed by atoms with Gasteiger partial charge >= 0.3 is 0 Å². The molecule has 3 aromatic rings. The van der Waals surface area contributed by atoms with Crippen LogP contribution in [0.3, 0.4) is 0 Å². The topological polar surface area (TPSA) is 110 Å². The number of nitrogens with one attached hydrogen (secondary N) is 1. The van der Waals surface area contributed by atoms with Gasteiger partial charge < -0.3 is 11.1 Å². The van der Waals surface area contributed by atoms with Crippen molar-refractivity contribution in [3.05, 3.63) is 88.6 Å². The molecule has 1 unspecified atom stereocenters. The van der Waals surface area contributed by atoms with Crippen molar-refractivity contribution < 1.29 is 18.0 Å². The average Bonchev–Trinajstić information content (AvgIpc) is 3.13. The second kappa shape index (κ2) is 10.8. The smallest absolute Gasteiger partial charge is 0.238 e. The summed E-state index contributed by atoms with van der Waals surface area (Å²) in [5.41, 5.74) is 10.9. The molecule has 1 heterocycles. The maximum absolute atomic E-state index is 13.5. The molecule has 0 aromatic heterocycles. The predicted octanol–water partition coefficient (Wildman–Crippen LogP) is 5.08.